The molecular weight excluding hydrogens is 374 g/mol. The van der Waals surface area contributed by atoms with Crippen molar-refractivity contribution in [3.8, 4) is 0 Å². The fraction of sp³-hybridized carbons (Fsp3) is 0.720. The highest BCUT2D eigenvalue weighted by Gasteiger charge is 2.50. The number of rotatable bonds is 6. The van der Waals surface area contributed by atoms with Crippen LogP contribution in [-0.4, -0.2) is 64.8 Å². The lowest BCUT2D eigenvalue weighted by Gasteiger charge is -2.49. The molecule has 164 valence electrons. The van der Waals surface area contributed by atoms with Crippen molar-refractivity contribution in [1.29, 1.82) is 0 Å². The molecule has 2 aliphatic heterocycles. The summed E-state index contributed by atoms with van der Waals surface area (Å²) in [6, 6.07) is 12.1. The van der Waals surface area contributed by atoms with Crippen molar-refractivity contribution in [2.45, 2.75) is 88.4 Å². The first kappa shape index (κ1) is 20.2. The van der Waals surface area contributed by atoms with E-state index in [1.54, 1.807) is 0 Å². The number of anilines is 1. The molecule has 5 heteroatoms. The molecule has 0 spiro atoms. The summed E-state index contributed by atoms with van der Waals surface area (Å²) in [5.41, 5.74) is 1.22. The first-order valence-corrected chi connectivity index (χ1v) is 12.3. The highest BCUT2D eigenvalue weighted by Crippen LogP contribution is 2.40. The van der Waals surface area contributed by atoms with Crippen LogP contribution in [0.1, 0.15) is 64.2 Å². The van der Waals surface area contributed by atoms with Crippen molar-refractivity contribution >= 4 is 11.7 Å². The maximum atomic E-state index is 13.9. The molecule has 1 N–H and O–H groups in total. The first-order chi connectivity index (χ1) is 14.8. The van der Waals surface area contributed by atoms with Gasteiger partial charge < -0.3 is 19.8 Å². The van der Waals surface area contributed by atoms with Crippen molar-refractivity contribution in [2.24, 2.45) is 5.92 Å². The van der Waals surface area contributed by atoms with Crippen LogP contribution in [0.15, 0.2) is 30.3 Å². The number of para-hydroxylation sites is 1. The highest BCUT2D eigenvalue weighted by molar-refractivity contribution is 5.77. The van der Waals surface area contributed by atoms with Gasteiger partial charge in [0, 0.05) is 31.4 Å². The van der Waals surface area contributed by atoms with Gasteiger partial charge in [0.2, 0.25) is 0 Å². The number of aliphatic hydroxyl groups excluding tert-OH is 1. The van der Waals surface area contributed by atoms with Gasteiger partial charge in [0.05, 0.1) is 18.1 Å². The van der Waals surface area contributed by atoms with Crippen LogP contribution in [0.25, 0.3) is 0 Å². The van der Waals surface area contributed by atoms with Crippen LogP contribution in [0.3, 0.4) is 0 Å². The Labute approximate surface area is 181 Å². The molecule has 2 heterocycles. The van der Waals surface area contributed by atoms with Gasteiger partial charge in [0.25, 0.3) is 0 Å². The topological polar surface area (TPSA) is 47.0 Å². The molecule has 2 unspecified atom stereocenters. The smallest absolute Gasteiger partial charge is 0.320 e. The minimum Gasteiger partial charge on any atom is -0.396 e. The summed E-state index contributed by atoms with van der Waals surface area (Å²) >= 11 is 0. The molecular formula is C25H37N3O2. The number of carbonyl (C=O) groups is 1. The standard InChI is InChI=1S/C25H37N3O2/c29-16-15-23-24-14-13-22(18-26(23)20-9-5-2-6-10-20)28(24)25(30)27(21-11-12-21)17-19-7-3-1-4-8-19/h2,5-6,9-10,19,21-24,29H,1,3-4,7-8,11-18H2/t22?,23-,24?/m1/s1. The first-order valence-electron chi connectivity index (χ1n) is 12.3. The lowest BCUT2D eigenvalue weighted by Crippen LogP contribution is -2.64. The second-order valence-electron chi connectivity index (χ2n) is 9.94. The van der Waals surface area contributed by atoms with Crippen LogP contribution in [0, 0.1) is 5.92 Å². The summed E-state index contributed by atoms with van der Waals surface area (Å²) in [6.45, 7) is 2.02. The van der Waals surface area contributed by atoms with E-state index in [2.05, 4.69) is 45.0 Å². The maximum absolute atomic E-state index is 13.9. The third-order valence-corrected chi connectivity index (χ3v) is 7.94. The molecule has 3 atom stereocenters. The quantitative estimate of drug-likeness (QED) is 0.761. The Bertz CT molecular complexity index is 716. The van der Waals surface area contributed by atoms with Gasteiger partial charge in [-0.15, -0.1) is 0 Å². The van der Waals surface area contributed by atoms with Gasteiger partial charge in [0.15, 0.2) is 0 Å². The highest BCUT2D eigenvalue weighted by atomic mass is 16.3. The van der Waals surface area contributed by atoms with Crippen LogP contribution in [0.2, 0.25) is 0 Å². The van der Waals surface area contributed by atoms with Crippen molar-refractivity contribution in [2.75, 3.05) is 24.6 Å². The molecule has 0 radical (unpaired) electrons. The van der Waals surface area contributed by atoms with Gasteiger partial charge in [-0.1, -0.05) is 37.5 Å². The van der Waals surface area contributed by atoms with E-state index in [1.807, 2.05) is 0 Å². The average Bonchev–Trinajstić information content (AvgIpc) is 3.57. The number of aliphatic hydroxyl groups is 1. The number of amides is 2. The molecule has 30 heavy (non-hydrogen) atoms. The molecule has 2 saturated carbocycles. The third-order valence-electron chi connectivity index (χ3n) is 7.94. The molecule has 0 aromatic heterocycles. The Morgan fingerprint density at radius 1 is 1.00 bits per heavy atom. The summed E-state index contributed by atoms with van der Waals surface area (Å²) in [4.78, 5) is 20.9. The zero-order valence-corrected chi connectivity index (χ0v) is 18.2. The van der Waals surface area contributed by atoms with Crippen LogP contribution < -0.4 is 4.90 Å². The average molecular weight is 412 g/mol. The number of fused-ring (bicyclic) bond motifs is 2. The lowest BCUT2D eigenvalue weighted by atomic mass is 9.89. The molecule has 5 rings (SSSR count). The van der Waals surface area contributed by atoms with Gasteiger partial charge in [-0.2, -0.15) is 0 Å². The SMILES string of the molecule is O=C(N(CC1CCCCC1)C1CC1)N1C2CCC1[C@@H](CCO)N(c1ccccc1)C2. The molecule has 2 amide bonds. The molecule has 5 nitrogen and oxygen atoms in total. The molecule has 1 aromatic carbocycles. The van der Waals surface area contributed by atoms with E-state index in [0.717, 1.165) is 32.4 Å². The Morgan fingerprint density at radius 3 is 2.47 bits per heavy atom. The van der Waals surface area contributed by atoms with E-state index in [0.29, 0.717) is 24.0 Å². The van der Waals surface area contributed by atoms with Crippen LogP contribution >= 0.6 is 0 Å². The summed E-state index contributed by atoms with van der Waals surface area (Å²) in [5.74, 6) is 0.694. The van der Waals surface area contributed by atoms with E-state index in [9.17, 15) is 9.90 Å². The van der Waals surface area contributed by atoms with Crippen molar-refractivity contribution in [1.82, 2.24) is 9.80 Å². The van der Waals surface area contributed by atoms with Gasteiger partial charge in [-0.25, -0.2) is 4.79 Å². The zero-order chi connectivity index (χ0) is 20.5. The Hall–Kier alpha value is -1.75. The molecule has 2 aliphatic carbocycles. The fourth-order valence-corrected chi connectivity index (χ4v) is 6.30. The molecule has 1 aromatic rings. The van der Waals surface area contributed by atoms with Gasteiger partial charge >= 0.3 is 6.03 Å². The van der Waals surface area contributed by atoms with Crippen molar-refractivity contribution in [3.05, 3.63) is 30.3 Å². The molecule has 2 saturated heterocycles. The van der Waals surface area contributed by atoms with Crippen LogP contribution in [-0.2, 0) is 0 Å². The largest absolute Gasteiger partial charge is 0.396 e. The van der Waals surface area contributed by atoms with E-state index < -0.39 is 0 Å². The number of hydrogen-bond donors (Lipinski definition) is 1. The minimum absolute atomic E-state index is 0.172. The second-order valence-corrected chi connectivity index (χ2v) is 9.94. The third kappa shape index (κ3) is 3.93. The predicted molar refractivity (Wildman–Crippen MR) is 120 cm³/mol. The number of piperazine rings is 1. The van der Waals surface area contributed by atoms with E-state index in [4.69, 9.17) is 0 Å². The Kier molecular flexibility index (Phi) is 5.90. The number of benzene rings is 1. The maximum Gasteiger partial charge on any atom is 0.320 e. The number of nitrogens with zero attached hydrogens (tertiary/aromatic N) is 3. The Morgan fingerprint density at radius 2 is 1.77 bits per heavy atom. The summed E-state index contributed by atoms with van der Waals surface area (Å²) < 4.78 is 0. The normalized spacial score (nSPS) is 29.3. The number of carbonyl (C=O) groups excluding carboxylic acids is 1. The number of hydrogen-bond acceptors (Lipinski definition) is 3. The molecule has 4 aliphatic rings. The van der Waals surface area contributed by atoms with E-state index >= 15 is 0 Å². The van der Waals surface area contributed by atoms with Crippen molar-refractivity contribution in [3.63, 3.8) is 0 Å². The number of urea groups is 1. The second kappa shape index (κ2) is 8.78. The van der Waals surface area contributed by atoms with Crippen molar-refractivity contribution < 1.29 is 9.90 Å². The monoisotopic (exact) mass is 411 g/mol. The summed E-state index contributed by atoms with van der Waals surface area (Å²) in [7, 11) is 0. The summed E-state index contributed by atoms with van der Waals surface area (Å²) in [6.07, 6.45) is 11.8. The van der Waals surface area contributed by atoms with Gasteiger partial charge in [-0.05, 0) is 63.0 Å². The van der Waals surface area contributed by atoms with Gasteiger partial charge in [-0.3, -0.25) is 0 Å². The van der Waals surface area contributed by atoms with Gasteiger partial charge in [0.1, 0.15) is 0 Å². The lowest BCUT2D eigenvalue weighted by molar-refractivity contribution is 0.0935. The van der Waals surface area contributed by atoms with Crippen LogP contribution in [0.4, 0.5) is 10.5 Å². The van der Waals surface area contributed by atoms with E-state index in [-0.39, 0.29) is 18.7 Å². The fourth-order valence-electron chi connectivity index (χ4n) is 6.30. The molecule has 4 fully saturated rings. The Balaban J connectivity index is 1.35. The van der Waals surface area contributed by atoms with E-state index in [1.165, 1.54) is 50.6 Å². The molecule has 2 bridgehead atoms. The zero-order valence-electron chi connectivity index (χ0n) is 18.2. The van der Waals surface area contributed by atoms with Crippen LogP contribution in [0.5, 0.6) is 0 Å². The predicted octanol–water partition coefficient (Wildman–Crippen LogP) is 4.26. The minimum atomic E-state index is 0.172. The summed E-state index contributed by atoms with van der Waals surface area (Å²) in [5, 5.41) is 9.82.